The minimum Gasteiger partial charge on any atom is -0.506 e. The van der Waals surface area contributed by atoms with Gasteiger partial charge in [0.1, 0.15) is 23.0 Å². The van der Waals surface area contributed by atoms with Crippen LogP contribution in [0.25, 0.3) is 22.0 Å². The van der Waals surface area contributed by atoms with E-state index >= 15 is 0 Å². The summed E-state index contributed by atoms with van der Waals surface area (Å²) in [5, 5.41) is 24.7. The maximum Gasteiger partial charge on any atom is 0.248 e. The van der Waals surface area contributed by atoms with E-state index in [2.05, 4.69) is 28.5 Å². The van der Waals surface area contributed by atoms with Gasteiger partial charge in [-0.15, -0.1) is 0 Å². The van der Waals surface area contributed by atoms with Crippen LogP contribution in [0.1, 0.15) is 22.8 Å². The van der Waals surface area contributed by atoms with Gasteiger partial charge in [-0.2, -0.15) is 0 Å². The number of hydrogen-bond donors (Lipinski definition) is 5. The average molecular weight is 566 g/mol. The number of nitrogens with two attached hydrogens (primary N) is 1. The van der Waals surface area contributed by atoms with E-state index in [1.807, 2.05) is 48.5 Å². The molecule has 0 amide bonds. The third kappa shape index (κ3) is 6.80. The summed E-state index contributed by atoms with van der Waals surface area (Å²) in [6, 6.07) is 28.2. The number of aliphatic hydroxyl groups excluding tert-OH is 1. The van der Waals surface area contributed by atoms with Crippen molar-refractivity contribution in [3.05, 3.63) is 118 Å². The van der Waals surface area contributed by atoms with Crippen LogP contribution in [0.4, 0.5) is 0 Å². The standard InChI is InChI=1S/C34H35N3O5/c1-41-32-13-9-26(20-29(32)24-4-2-3-23(19-24)15-17-35)42-25-7-5-22(6-8-25)16-18-36-21-31(39)27-10-12-30(38)34-28(27)11-14-33(40)37-34/h2-14,19-20,31,36,38-39H,15-18,21,35H2,1H3,(H,37,40). The summed E-state index contributed by atoms with van der Waals surface area (Å²) in [4.78, 5) is 14.3. The van der Waals surface area contributed by atoms with E-state index in [1.165, 1.54) is 17.7 Å². The van der Waals surface area contributed by atoms with E-state index < -0.39 is 6.10 Å². The summed E-state index contributed by atoms with van der Waals surface area (Å²) in [7, 11) is 1.66. The summed E-state index contributed by atoms with van der Waals surface area (Å²) in [5.41, 5.74) is 10.7. The number of aromatic nitrogens is 1. The van der Waals surface area contributed by atoms with Gasteiger partial charge >= 0.3 is 0 Å². The highest BCUT2D eigenvalue weighted by Crippen LogP contribution is 2.35. The predicted molar refractivity (Wildman–Crippen MR) is 165 cm³/mol. The Kier molecular flexibility index (Phi) is 9.18. The molecule has 6 N–H and O–H groups in total. The second kappa shape index (κ2) is 13.4. The first-order valence-electron chi connectivity index (χ1n) is 13.9. The topological polar surface area (TPSA) is 130 Å². The Morgan fingerprint density at radius 3 is 2.50 bits per heavy atom. The third-order valence-electron chi connectivity index (χ3n) is 7.19. The first kappa shape index (κ1) is 28.9. The molecule has 0 aliphatic heterocycles. The van der Waals surface area contributed by atoms with Gasteiger partial charge in [0.15, 0.2) is 0 Å². The molecule has 4 aromatic carbocycles. The van der Waals surface area contributed by atoms with Crippen LogP contribution in [-0.2, 0) is 12.8 Å². The predicted octanol–water partition coefficient (Wildman–Crippen LogP) is 5.07. The molecule has 0 saturated heterocycles. The second-order valence-corrected chi connectivity index (χ2v) is 10.1. The number of H-pyrrole nitrogens is 1. The normalized spacial score (nSPS) is 11.9. The molecular weight excluding hydrogens is 530 g/mol. The molecule has 1 atom stereocenters. The summed E-state index contributed by atoms with van der Waals surface area (Å²) >= 11 is 0. The number of methoxy groups -OCH3 is 1. The van der Waals surface area contributed by atoms with Crippen molar-refractivity contribution >= 4 is 10.9 Å². The van der Waals surface area contributed by atoms with E-state index in [0.717, 1.165) is 41.0 Å². The summed E-state index contributed by atoms with van der Waals surface area (Å²) in [6.45, 7) is 1.59. The van der Waals surface area contributed by atoms with Crippen LogP contribution < -0.4 is 26.1 Å². The van der Waals surface area contributed by atoms with E-state index in [1.54, 1.807) is 19.2 Å². The number of ether oxygens (including phenoxy) is 2. The molecule has 216 valence electrons. The Morgan fingerprint density at radius 2 is 1.71 bits per heavy atom. The Balaban J connectivity index is 1.17. The average Bonchev–Trinajstić information content (AvgIpc) is 3.01. The van der Waals surface area contributed by atoms with Crippen molar-refractivity contribution in [3.8, 4) is 34.1 Å². The lowest BCUT2D eigenvalue weighted by Gasteiger charge is -2.15. The molecule has 1 heterocycles. The quantitative estimate of drug-likeness (QED) is 0.134. The van der Waals surface area contributed by atoms with E-state index in [9.17, 15) is 15.0 Å². The van der Waals surface area contributed by atoms with Gasteiger partial charge < -0.3 is 35.7 Å². The highest BCUT2D eigenvalue weighted by atomic mass is 16.5. The van der Waals surface area contributed by atoms with Crippen LogP contribution >= 0.6 is 0 Å². The van der Waals surface area contributed by atoms with Crippen LogP contribution in [0.5, 0.6) is 23.0 Å². The van der Waals surface area contributed by atoms with Crippen LogP contribution in [-0.4, -0.2) is 41.9 Å². The molecule has 8 nitrogen and oxygen atoms in total. The van der Waals surface area contributed by atoms with Crippen molar-refractivity contribution in [1.82, 2.24) is 10.3 Å². The molecule has 0 aliphatic carbocycles. The highest BCUT2D eigenvalue weighted by molar-refractivity contribution is 5.87. The van der Waals surface area contributed by atoms with Gasteiger partial charge in [-0.25, -0.2) is 0 Å². The van der Waals surface area contributed by atoms with E-state index in [-0.39, 0.29) is 11.3 Å². The Morgan fingerprint density at radius 1 is 0.905 bits per heavy atom. The molecule has 0 radical (unpaired) electrons. The lowest BCUT2D eigenvalue weighted by molar-refractivity contribution is 0.176. The smallest absolute Gasteiger partial charge is 0.248 e. The lowest BCUT2D eigenvalue weighted by atomic mass is 10.0. The van der Waals surface area contributed by atoms with Gasteiger partial charge in [-0.05, 0) is 90.6 Å². The van der Waals surface area contributed by atoms with Crippen molar-refractivity contribution < 1.29 is 19.7 Å². The zero-order valence-electron chi connectivity index (χ0n) is 23.5. The second-order valence-electron chi connectivity index (χ2n) is 10.1. The molecule has 0 bridgehead atoms. The largest absolute Gasteiger partial charge is 0.506 e. The fraction of sp³-hybridized carbons (Fsp3) is 0.206. The SMILES string of the molecule is COc1ccc(Oc2ccc(CCNCC(O)c3ccc(O)c4[nH]c(=O)ccc34)cc2)cc1-c1cccc(CCN)c1. The first-order chi connectivity index (χ1) is 20.4. The van der Waals surface area contributed by atoms with Crippen LogP contribution in [0.15, 0.2) is 95.8 Å². The van der Waals surface area contributed by atoms with Crippen molar-refractivity contribution in [2.75, 3.05) is 26.7 Å². The molecule has 5 aromatic rings. The molecular formula is C34H35N3O5. The van der Waals surface area contributed by atoms with Gasteiger partial charge in [0.05, 0.1) is 18.7 Å². The van der Waals surface area contributed by atoms with Gasteiger partial charge in [0, 0.05) is 23.6 Å². The number of fused-ring (bicyclic) bond motifs is 1. The van der Waals surface area contributed by atoms with Crippen molar-refractivity contribution in [3.63, 3.8) is 0 Å². The number of benzene rings is 4. The van der Waals surface area contributed by atoms with Gasteiger partial charge in [0.2, 0.25) is 5.56 Å². The highest BCUT2D eigenvalue weighted by Gasteiger charge is 2.14. The fourth-order valence-corrected chi connectivity index (χ4v) is 5.03. The fourth-order valence-electron chi connectivity index (χ4n) is 5.03. The Bertz CT molecular complexity index is 1720. The molecule has 1 unspecified atom stereocenters. The molecule has 5 rings (SSSR count). The number of aromatic hydroxyl groups is 1. The number of phenolic OH excluding ortho intramolecular Hbond substituents is 1. The van der Waals surface area contributed by atoms with Crippen molar-refractivity contribution in [2.45, 2.75) is 18.9 Å². The Hall–Kier alpha value is -4.63. The number of pyridine rings is 1. The first-order valence-corrected chi connectivity index (χ1v) is 13.9. The maximum absolute atomic E-state index is 11.6. The Labute approximate surface area is 244 Å². The zero-order valence-corrected chi connectivity index (χ0v) is 23.5. The minimum absolute atomic E-state index is 0.0282. The maximum atomic E-state index is 11.6. The van der Waals surface area contributed by atoms with Crippen LogP contribution in [0.3, 0.4) is 0 Å². The number of nitrogens with one attached hydrogen (secondary N) is 2. The van der Waals surface area contributed by atoms with Gasteiger partial charge in [0.25, 0.3) is 0 Å². The van der Waals surface area contributed by atoms with E-state index in [0.29, 0.717) is 41.9 Å². The number of rotatable bonds is 12. The molecule has 8 heteroatoms. The minimum atomic E-state index is -0.799. The number of aromatic amines is 1. The summed E-state index contributed by atoms with van der Waals surface area (Å²) < 4.78 is 11.8. The lowest BCUT2D eigenvalue weighted by Crippen LogP contribution is -2.24. The number of aliphatic hydroxyl groups is 1. The molecule has 1 aromatic heterocycles. The third-order valence-corrected chi connectivity index (χ3v) is 7.19. The molecule has 0 spiro atoms. The number of phenols is 1. The van der Waals surface area contributed by atoms with E-state index in [4.69, 9.17) is 15.2 Å². The molecule has 0 fully saturated rings. The monoisotopic (exact) mass is 565 g/mol. The zero-order chi connectivity index (χ0) is 29.5. The summed E-state index contributed by atoms with van der Waals surface area (Å²) in [6.07, 6.45) is 0.781. The molecule has 42 heavy (non-hydrogen) atoms. The van der Waals surface area contributed by atoms with Crippen molar-refractivity contribution in [2.24, 2.45) is 5.73 Å². The molecule has 0 saturated carbocycles. The van der Waals surface area contributed by atoms with Crippen LogP contribution in [0.2, 0.25) is 0 Å². The molecule has 0 aliphatic rings. The number of hydrogen-bond acceptors (Lipinski definition) is 7. The summed E-state index contributed by atoms with van der Waals surface area (Å²) in [5.74, 6) is 2.19. The van der Waals surface area contributed by atoms with Gasteiger partial charge in [-0.3, -0.25) is 4.79 Å². The van der Waals surface area contributed by atoms with Crippen LogP contribution in [0, 0.1) is 0 Å². The van der Waals surface area contributed by atoms with Gasteiger partial charge in [-0.1, -0.05) is 42.5 Å². The van der Waals surface area contributed by atoms with Crippen molar-refractivity contribution in [1.29, 1.82) is 0 Å².